The molecule has 0 amide bonds. The van der Waals surface area contributed by atoms with Crippen LogP contribution in [0.1, 0.15) is 52.8 Å². The second kappa shape index (κ2) is 12.5. The number of hydrogen-bond acceptors (Lipinski definition) is 7. The molecule has 0 atom stereocenters. The Bertz CT molecular complexity index is 1490. The molecule has 2 aliphatic carbocycles. The second-order valence-electron chi connectivity index (χ2n) is 8.34. The molecule has 0 spiro atoms. The van der Waals surface area contributed by atoms with Gasteiger partial charge in [0.1, 0.15) is 5.75 Å². The van der Waals surface area contributed by atoms with Crippen LogP contribution in [0.3, 0.4) is 0 Å². The average Bonchev–Trinajstić information content (AvgIpc) is 3.59. The van der Waals surface area contributed by atoms with Crippen molar-refractivity contribution < 1.29 is 48.5 Å². The van der Waals surface area contributed by atoms with Gasteiger partial charge in [-0.3, -0.25) is 26.2 Å². The molecule has 10 heteroatoms. The van der Waals surface area contributed by atoms with Crippen molar-refractivity contribution in [2.75, 3.05) is 7.11 Å². The molecule has 0 saturated heterocycles. The molecule has 4 aromatic rings. The summed E-state index contributed by atoms with van der Waals surface area (Å²) in [5.41, 5.74) is 2.63. The molecule has 0 unspecified atom stereocenters. The van der Waals surface area contributed by atoms with Crippen molar-refractivity contribution in [2.45, 2.75) is 32.1 Å². The van der Waals surface area contributed by atoms with Crippen LogP contribution in [0, 0.1) is 13.3 Å². The molecule has 2 aliphatic rings. The summed E-state index contributed by atoms with van der Waals surface area (Å²) in [7, 11) is 1.46. The Morgan fingerprint density at radius 3 is 2.41 bits per heavy atom. The SMILES string of the molecule is COC(=O)C1CCCC1.O=C1CC(=O)c2c1c1cccnc1c1[n-]c3c(Br)cc(O)cc3c21.[CH-]=O.[CH3-].[Ru+3]. The normalized spacial score (nSPS) is 14.2. The summed E-state index contributed by atoms with van der Waals surface area (Å²) in [4.78, 5) is 52.5. The van der Waals surface area contributed by atoms with E-state index < -0.39 is 0 Å². The minimum atomic E-state index is -0.209. The molecule has 1 N–H and O–H groups in total. The topological polar surface area (TPSA) is 125 Å². The van der Waals surface area contributed by atoms with Gasteiger partial charge >= 0.3 is 25.4 Å². The van der Waals surface area contributed by atoms with Crippen LogP contribution in [0.5, 0.6) is 5.75 Å². The number of benzene rings is 2. The standard InChI is InChI=1S/C18H9BrN2O3.C7H12O2.CHO.CH3.Ru/c19-10-5-7(22)4-9-14-15-12(24)6-11(23)13(15)8-2-1-3-20-17(8)18(14)21-16(9)10;1-9-7(8)6-4-2-3-5-6;1-2;;/h1-5H,6H2,(H2,20,21,22,23,24);6H,2-5H2,1H3;1H;1H3;/q;;2*-1;+3/p-1. The summed E-state index contributed by atoms with van der Waals surface area (Å²) in [6, 6.07) is 6.66. The third kappa shape index (κ3) is 5.36. The van der Waals surface area contributed by atoms with Gasteiger partial charge in [-0.15, -0.1) is 11.0 Å². The van der Waals surface area contributed by atoms with Crippen molar-refractivity contribution in [3.63, 3.8) is 0 Å². The number of phenols is 1. The zero-order valence-corrected chi connectivity index (χ0v) is 23.5. The van der Waals surface area contributed by atoms with Gasteiger partial charge in [-0.05, 0) is 41.8 Å². The van der Waals surface area contributed by atoms with Crippen LogP contribution in [-0.2, 0) is 33.8 Å². The number of nitrogens with zero attached hydrogens (tertiary/aromatic N) is 2. The molecule has 1 saturated carbocycles. The van der Waals surface area contributed by atoms with Crippen molar-refractivity contribution in [1.29, 1.82) is 0 Å². The Balaban J connectivity index is 0.000000317. The first-order chi connectivity index (χ1) is 16.9. The first kappa shape index (κ1) is 30.3. The number of rotatable bonds is 1. The fourth-order valence-electron chi connectivity index (χ4n) is 4.88. The number of phenolic OH excluding ortho intramolecular Hbond substituents is 1. The van der Waals surface area contributed by atoms with Gasteiger partial charge in [0.15, 0.2) is 11.6 Å². The van der Waals surface area contributed by atoms with Crippen LogP contribution in [0.4, 0.5) is 0 Å². The Morgan fingerprint density at radius 1 is 1.11 bits per heavy atom. The van der Waals surface area contributed by atoms with Crippen molar-refractivity contribution in [2.24, 2.45) is 5.92 Å². The minimum absolute atomic E-state index is 0. The first-order valence-electron chi connectivity index (χ1n) is 11.0. The first-order valence-corrected chi connectivity index (χ1v) is 11.8. The predicted octanol–water partition coefficient (Wildman–Crippen LogP) is 5.26. The van der Waals surface area contributed by atoms with E-state index in [0.29, 0.717) is 48.3 Å². The average molecular weight is 653 g/mol. The van der Waals surface area contributed by atoms with Gasteiger partial charge in [0.2, 0.25) is 0 Å². The number of aromatic hydroxyl groups is 1. The quantitative estimate of drug-likeness (QED) is 0.0971. The molecule has 0 bridgehead atoms. The van der Waals surface area contributed by atoms with Gasteiger partial charge in [0.05, 0.1) is 25.0 Å². The van der Waals surface area contributed by atoms with E-state index in [-0.39, 0.29) is 62.5 Å². The fraction of sp³-hybridized carbons (Fsp3) is 0.259. The van der Waals surface area contributed by atoms with Gasteiger partial charge in [0.25, 0.3) is 0 Å². The van der Waals surface area contributed by atoms with Gasteiger partial charge in [0, 0.05) is 27.2 Å². The number of Topliss-reactive ketones (excluding diaryl/α,β-unsaturated/α-hetero) is 2. The summed E-state index contributed by atoms with van der Waals surface area (Å²) in [5, 5.41) is 11.8. The third-order valence-corrected chi connectivity index (χ3v) is 6.95. The number of carbonyl (C=O) groups is 3. The number of pyridine rings is 1. The number of halogens is 1. The minimum Gasteiger partial charge on any atom is -0.654 e. The molecule has 2 aromatic heterocycles. The molecule has 1 fully saturated rings. The third-order valence-electron chi connectivity index (χ3n) is 6.35. The zero-order chi connectivity index (χ0) is 25.3. The summed E-state index contributed by atoms with van der Waals surface area (Å²) in [5.74, 6) is -0.138. The van der Waals surface area contributed by atoms with Gasteiger partial charge < -0.3 is 27.0 Å². The van der Waals surface area contributed by atoms with E-state index in [0.717, 1.165) is 12.8 Å². The van der Waals surface area contributed by atoms with Gasteiger partial charge in [-0.2, -0.15) is 0 Å². The smallest absolute Gasteiger partial charge is 0.654 e. The Hall–Kier alpha value is -2.97. The number of hydrogen-bond donors (Lipinski definition) is 1. The molecule has 8 nitrogen and oxygen atoms in total. The maximum absolute atomic E-state index is 12.5. The van der Waals surface area contributed by atoms with E-state index in [1.54, 1.807) is 30.5 Å². The van der Waals surface area contributed by atoms with Crippen molar-refractivity contribution in [3.8, 4) is 5.75 Å². The van der Waals surface area contributed by atoms with Crippen LogP contribution in [0.25, 0.3) is 32.7 Å². The number of methoxy groups -OCH3 is 1. The predicted molar refractivity (Wildman–Crippen MR) is 140 cm³/mol. The molecule has 6 rings (SSSR count). The van der Waals surface area contributed by atoms with E-state index >= 15 is 0 Å². The van der Waals surface area contributed by atoms with E-state index in [4.69, 9.17) is 4.79 Å². The largest absolute Gasteiger partial charge is 3.00 e. The number of ether oxygens (including phenoxy) is 1. The maximum Gasteiger partial charge on any atom is 3.00 e. The van der Waals surface area contributed by atoms with Crippen LogP contribution in [0.15, 0.2) is 34.9 Å². The van der Waals surface area contributed by atoms with Crippen molar-refractivity contribution in [3.05, 3.63) is 53.5 Å². The van der Waals surface area contributed by atoms with E-state index in [2.05, 4.69) is 37.4 Å². The molecule has 2 aromatic carbocycles. The monoisotopic (exact) mass is 653 g/mol. The molecule has 0 aliphatic heterocycles. The number of fused-ring (bicyclic) bond motifs is 8. The van der Waals surface area contributed by atoms with Crippen molar-refractivity contribution in [1.82, 2.24) is 9.97 Å². The molecule has 2 heterocycles. The number of ketones is 2. The van der Waals surface area contributed by atoms with Crippen LogP contribution in [-0.4, -0.2) is 41.5 Å². The zero-order valence-electron chi connectivity index (χ0n) is 20.2. The van der Waals surface area contributed by atoms with Crippen LogP contribution in [0.2, 0.25) is 0 Å². The molecular formula is C27H24BrN2O6Ru. The van der Waals surface area contributed by atoms with E-state index in [9.17, 15) is 19.5 Å². The summed E-state index contributed by atoms with van der Waals surface area (Å²) in [6.07, 6.45) is 5.96. The Labute approximate surface area is 235 Å². The summed E-state index contributed by atoms with van der Waals surface area (Å²) in [6.45, 7) is 3.25. The molecule has 37 heavy (non-hydrogen) atoms. The van der Waals surface area contributed by atoms with Crippen molar-refractivity contribution >= 4 is 73.0 Å². The fourth-order valence-corrected chi connectivity index (χ4v) is 5.42. The summed E-state index contributed by atoms with van der Waals surface area (Å²) < 4.78 is 5.22. The summed E-state index contributed by atoms with van der Waals surface area (Å²) >= 11 is 3.40. The second-order valence-corrected chi connectivity index (χ2v) is 9.19. The van der Waals surface area contributed by atoms with Crippen LogP contribution < -0.4 is 4.98 Å². The van der Waals surface area contributed by atoms with Gasteiger partial charge in [-0.25, -0.2) is 0 Å². The van der Waals surface area contributed by atoms with E-state index in [1.807, 2.05) is 0 Å². The Morgan fingerprint density at radius 2 is 1.76 bits per heavy atom. The molecule has 193 valence electrons. The maximum atomic E-state index is 12.5. The molecule has 1 radical (unpaired) electrons. The number of carbonyl (C=O) groups excluding carboxylic acids is 4. The molecular weight excluding hydrogens is 629 g/mol. The van der Waals surface area contributed by atoms with Gasteiger partial charge in [-0.1, -0.05) is 34.8 Å². The van der Waals surface area contributed by atoms with Crippen LogP contribution >= 0.6 is 15.9 Å². The Kier molecular flexibility index (Phi) is 10.2. The number of esters is 1. The number of aromatic nitrogens is 2. The van der Waals surface area contributed by atoms with E-state index in [1.165, 1.54) is 20.0 Å².